The van der Waals surface area contributed by atoms with Gasteiger partial charge in [0.2, 0.25) is 0 Å². The van der Waals surface area contributed by atoms with Crippen LogP contribution in [0.2, 0.25) is 0 Å². The molecule has 0 aliphatic heterocycles. The van der Waals surface area contributed by atoms with Crippen LogP contribution in [0.3, 0.4) is 0 Å². The Labute approximate surface area is 114 Å². The van der Waals surface area contributed by atoms with Crippen LogP contribution in [0, 0.1) is 0 Å². The highest BCUT2D eigenvalue weighted by Crippen LogP contribution is 2.08. The molecule has 0 unspecified atom stereocenters. The van der Waals surface area contributed by atoms with Crippen molar-refractivity contribution in [1.29, 1.82) is 0 Å². The first-order valence-electron chi connectivity index (χ1n) is 6.41. The van der Waals surface area contributed by atoms with Gasteiger partial charge in [-0.1, -0.05) is 18.2 Å². The van der Waals surface area contributed by atoms with Crippen LogP contribution in [0.4, 0.5) is 0 Å². The van der Waals surface area contributed by atoms with Crippen LogP contribution in [0.15, 0.2) is 36.9 Å². The standard InChI is InChI=1S/C15H22N2O2/c1-3-10-17(11-12-19-2)15(18)14-6-4-13(5-7-14)8-9-16/h3-7H,1,8-12,16H2,2H3. The van der Waals surface area contributed by atoms with Gasteiger partial charge >= 0.3 is 0 Å². The smallest absolute Gasteiger partial charge is 0.254 e. The summed E-state index contributed by atoms with van der Waals surface area (Å²) in [5.74, 6) is -0.00347. The molecular weight excluding hydrogens is 240 g/mol. The fourth-order valence-electron chi connectivity index (χ4n) is 1.80. The molecule has 1 aromatic carbocycles. The molecule has 0 bridgehead atoms. The van der Waals surface area contributed by atoms with E-state index in [0.29, 0.717) is 31.8 Å². The van der Waals surface area contributed by atoms with Crippen molar-refractivity contribution in [1.82, 2.24) is 4.90 Å². The van der Waals surface area contributed by atoms with Crippen molar-refractivity contribution in [3.63, 3.8) is 0 Å². The molecular formula is C15H22N2O2. The molecule has 19 heavy (non-hydrogen) atoms. The van der Waals surface area contributed by atoms with Crippen molar-refractivity contribution in [3.8, 4) is 0 Å². The second kappa shape index (κ2) is 8.45. The van der Waals surface area contributed by atoms with Gasteiger partial charge in [-0.05, 0) is 30.7 Å². The van der Waals surface area contributed by atoms with E-state index in [4.69, 9.17) is 10.5 Å². The fourth-order valence-corrected chi connectivity index (χ4v) is 1.80. The van der Waals surface area contributed by atoms with Crippen molar-refractivity contribution >= 4 is 5.91 Å². The van der Waals surface area contributed by atoms with E-state index in [1.165, 1.54) is 0 Å². The number of hydrogen-bond acceptors (Lipinski definition) is 3. The van der Waals surface area contributed by atoms with E-state index in [2.05, 4.69) is 6.58 Å². The Bertz CT molecular complexity index is 401. The maximum atomic E-state index is 12.3. The maximum Gasteiger partial charge on any atom is 0.254 e. The second-order valence-corrected chi connectivity index (χ2v) is 4.27. The summed E-state index contributed by atoms with van der Waals surface area (Å²) in [5.41, 5.74) is 7.32. The predicted molar refractivity (Wildman–Crippen MR) is 77.2 cm³/mol. The first kappa shape index (κ1) is 15.4. The van der Waals surface area contributed by atoms with Crippen LogP contribution in [-0.4, -0.2) is 44.2 Å². The van der Waals surface area contributed by atoms with E-state index >= 15 is 0 Å². The minimum Gasteiger partial charge on any atom is -0.383 e. The minimum atomic E-state index is -0.00347. The normalized spacial score (nSPS) is 10.2. The molecule has 0 saturated carbocycles. The number of methoxy groups -OCH3 is 1. The largest absolute Gasteiger partial charge is 0.383 e. The molecule has 0 atom stereocenters. The first-order chi connectivity index (χ1) is 9.22. The van der Waals surface area contributed by atoms with Gasteiger partial charge in [0.25, 0.3) is 5.91 Å². The Morgan fingerprint density at radius 3 is 2.63 bits per heavy atom. The molecule has 0 aliphatic rings. The SMILES string of the molecule is C=CCN(CCOC)C(=O)c1ccc(CCN)cc1. The number of nitrogens with two attached hydrogens (primary N) is 1. The molecule has 0 radical (unpaired) electrons. The molecule has 0 heterocycles. The quantitative estimate of drug-likeness (QED) is 0.722. The Balaban J connectivity index is 2.74. The summed E-state index contributed by atoms with van der Waals surface area (Å²) < 4.78 is 5.01. The number of rotatable bonds is 8. The average molecular weight is 262 g/mol. The van der Waals surface area contributed by atoms with Gasteiger partial charge in [-0.3, -0.25) is 4.79 Å². The lowest BCUT2D eigenvalue weighted by molar-refractivity contribution is 0.0718. The molecule has 0 saturated heterocycles. The fraction of sp³-hybridized carbons (Fsp3) is 0.400. The number of amides is 1. The molecule has 1 rings (SSSR count). The molecule has 0 spiro atoms. The zero-order valence-corrected chi connectivity index (χ0v) is 11.5. The highest BCUT2D eigenvalue weighted by Gasteiger charge is 2.13. The third kappa shape index (κ3) is 4.85. The Morgan fingerprint density at radius 2 is 2.11 bits per heavy atom. The highest BCUT2D eigenvalue weighted by molar-refractivity contribution is 5.94. The van der Waals surface area contributed by atoms with E-state index in [9.17, 15) is 4.79 Å². The molecule has 4 nitrogen and oxygen atoms in total. The van der Waals surface area contributed by atoms with E-state index in [1.807, 2.05) is 24.3 Å². The second-order valence-electron chi connectivity index (χ2n) is 4.27. The van der Waals surface area contributed by atoms with Gasteiger partial charge < -0.3 is 15.4 Å². The lowest BCUT2D eigenvalue weighted by atomic mass is 10.1. The van der Waals surface area contributed by atoms with Crippen LogP contribution >= 0.6 is 0 Å². The van der Waals surface area contributed by atoms with Crippen molar-refractivity contribution in [2.75, 3.05) is 33.4 Å². The van der Waals surface area contributed by atoms with E-state index in [0.717, 1.165) is 12.0 Å². The molecule has 4 heteroatoms. The number of benzene rings is 1. The minimum absolute atomic E-state index is 0.00347. The summed E-state index contributed by atoms with van der Waals surface area (Å²) in [6.07, 6.45) is 2.55. The Hall–Kier alpha value is -1.65. The lowest BCUT2D eigenvalue weighted by Crippen LogP contribution is -2.34. The third-order valence-electron chi connectivity index (χ3n) is 2.84. The summed E-state index contributed by atoms with van der Waals surface area (Å²) in [7, 11) is 1.62. The molecule has 2 N–H and O–H groups in total. The number of carbonyl (C=O) groups is 1. The van der Waals surface area contributed by atoms with Gasteiger partial charge in [0.05, 0.1) is 6.61 Å². The van der Waals surface area contributed by atoms with Crippen LogP contribution in [0.5, 0.6) is 0 Å². The van der Waals surface area contributed by atoms with Crippen molar-refractivity contribution in [3.05, 3.63) is 48.0 Å². The van der Waals surface area contributed by atoms with Crippen molar-refractivity contribution in [2.45, 2.75) is 6.42 Å². The maximum absolute atomic E-state index is 12.3. The zero-order valence-electron chi connectivity index (χ0n) is 11.5. The molecule has 1 aromatic rings. The summed E-state index contributed by atoms with van der Waals surface area (Å²) in [4.78, 5) is 14.0. The summed E-state index contributed by atoms with van der Waals surface area (Å²) in [6.45, 7) is 5.89. The van der Waals surface area contributed by atoms with Gasteiger partial charge in [-0.25, -0.2) is 0 Å². The average Bonchev–Trinajstić information content (AvgIpc) is 2.44. The number of ether oxygens (including phenoxy) is 1. The highest BCUT2D eigenvalue weighted by atomic mass is 16.5. The summed E-state index contributed by atoms with van der Waals surface area (Å²) >= 11 is 0. The number of carbonyl (C=O) groups excluding carboxylic acids is 1. The van der Waals surface area contributed by atoms with Gasteiger partial charge in [-0.2, -0.15) is 0 Å². The Kier molecular flexibility index (Phi) is 6.85. The monoisotopic (exact) mass is 262 g/mol. The van der Waals surface area contributed by atoms with Crippen LogP contribution in [0.25, 0.3) is 0 Å². The molecule has 0 fully saturated rings. The first-order valence-corrected chi connectivity index (χ1v) is 6.41. The van der Waals surface area contributed by atoms with Gasteiger partial charge in [0, 0.05) is 25.8 Å². The van der Waals surface area contributed by atoms with Gasteiger partial charge in [-0.15, -0.1) is 6.58 Å². The van der Waals surface area contributed by atoms with E-state index in [1.54, 1.807) is 18.1 Å². The van der Waals surface area contributed by atoms with Crippen LogP contribution in [-0.2, 0) is 11.2 Å². The number of hydrogen-bond donors (Lipinski definition) is 1. The van der Waals surface area contributed by atoms with Gasteiger partial charge in [0.1, 0.15) is 0 Å². The predicted octanol–water partition coefficient (Wildman–Crippen LogP) is 1.46. The molecule has 0 aliphatic carbocycles. The summed E-state index contributed by atoms with van der Waals surface area (Å²) in [6, 6.07) is 7.58. The van der Waals surface area contributed by atoms with Crippen LogP contribution in [0.1, 0.15) is 15.9 Å². The summed E-state index contributed by atoms with van der Waals surface area (Å²) in [5, 5.41) is 0. The zero-order chi connectivity index (χ0) is 14.1. The molecule has 104 valence electrons. The van der Waals surface area contributed by atoms with Crippen molar-refractivity contribution in [2.24, 2.45) is 5.73 Å². The topological polar surface area (TPSA) is 55.6 Å². The van der Waals surface area contributed by atoms with Crippen molar-refractivity contribution < 1.29 is 9.53 Å². The van der Waals surface area contributed by atoms with E-state index in [-0.39, 0.29) is 5.91 Å². The molecule has 1 amide bonds. The van der Waals surface area contributed by atoms with Gasteiger partial charge in [0.15, 0.2) is 0 Å². The lowest BCUT2D eigenvalue weighted by Gasteiger charge is -2.20. The Morgan fingerprint density at radius 1 is 1.42 bits per heavy atom. The van der Waals surface area contributed by atoms with E-state index < -0.39 is 0 Å². The molecule has 0 aromatic heterocycles. The third-order valence-corrected chi connectivity index (χ3v) is 2.84. The number of nitrogens with zero attached hydrogens (tertiary/aromatic N) is 1. The van der Waals surface area contributed by atoms with Crippen LogP contribution < -0.4 is 5.73 Å².